The molecule has 0 aliphatic heterocycles. The van der Waals surface area contributed by atoms with Crippen LogP contribution in [0.4, 0.5) is 5.69 Å². The van der Waals surface area contributed by atoms with Crippen molar-refractivity contribution in [2.75, 3.05) is 25.6 Å². The van der Waals surface area contributed by atoms with Crippen LogP contribution in [0.15, 0.2) is 59.6 Å². The van der Waals surface area contributed by atoms with Gasteiger partial charge in [-0.05, 0) is 29.8 Å². The lowest BCUT2D eigenvalue weighted by Gasteiger charge is -2.08. The van der Waals surface area contributed by atoms with Crippen molar-refractivity contribution >= 4 is 11.6 Å². The van der Waals surface area contributed by atoms with Gasteiger partial charge in [0.05, 0.1) is 13.2 Å². The van der Waals surface area contributed by atoms with Gasteiger partial charge in [-0.2, -0.15) is 0 Å². The summed E-state index contributed by atoms with van der Waals surface area (Å²) in [5.74, 6) is 1.23. The molecule has 5 nitrogen and oxygen atoms in total. The lowest BCUT2D eigenvalue weighted by molar-refractivity contribution is 0.172. The smallest absolute Gasteiger partial charge is 0.193 e. The van der Waals surface area contributed by atoms with Crippen LogP contribution in [0.25, 0.3) is 0 Å². The van der Waals surface area contributed by atoms with E-state index in [1.807, 2.05) is 54.6 Å². The number of hydrogen-bond donors (Lipinski definition) is 2. The molecule has 23 heavy (non-hydrogen) atoms. The fraction of sp³-hybridized carbons (Fsp3) is 0.278. The summed E-state index contributed by atoms with van der Waals surface area (Å²) in [4.78, 5) is 4.35. The van der Waals surface area contributed by atoms with Crippen LogP contribution >= 0.6 is 0 Å². The molecule has 0 amide bonds. The predicted octanol–water partition coefficient (Wildman–Crippen LogP) is 3.03. The molecule has 0 radical (unpaired) electrons. The van der Waals surface area contributed by atoms with Gasteiger partial charge in [-0.1, -0.05) is 30.3 Å². The SMILES string of the molecule is COCCCOc1cccc(CN=C(N)Nc2ccccc2)c1. The van der Waals surface area contributed by atoms with Gasteiger partial charge in [0.15, 0.2) is 5.96 Å². The van der Waals surface area contributed by atoms with Gasteiger partial charge in [-0.15, -0.1) is 0 Å². The van der Waals surface area contributed by atoms with Crippen molar-refractivity contribution in [3.05, 3.63) is 60.2 Å². The molecule has 2 rings (SSSR count). The van der Waals surface area contributed by atoms with Gasteiger partial charge < -0.3 is 20.5 Å². The summed E-state index contributed by atoms with van der Waals surface area (Å²) in [5, 5.41) is 3.06. The van der Waals surface area contributed by atoms with E-state index in [0.717, 1.165) is 23.4 Å². The van der Waals surface area contributed by atoms with E-state index >= 15 is 0 Å². The zero-order valence-electron chi connectivity index (χ0n) is 13.4. The van der Waals surface area contributed by atoms with Crippen molar-refractivity contribution in [2.45, 2.75) is 13.0 Å². The molecule has 5 heteroatoms. The number of nitrogens with two attached hydrogens (primary N) is 1. The molecule has 2 aromatic carbocycles. The largest absolute Gasteiger partial charge is 0.493 e. The molecule has 0 aliphatic rings. The van der Waals surface area contributed by atoms with Gasteiger partial charge >= 0.3 is 0 Å². The zero-order valence-corrected chi connectivity index (χ0v) is 13.4. The maximum Gasteiger partial charge on any atom is 0.193 e. The first-order chi connectivity index (χ1) is 11.3. The molecule has 0 atom stereocenters. The highest BCUT2D eigenvalue weighted by molar-refractivity contribution is 5.92. The number of aliphatic imine (C=N–C) groups is 1. The van der Waals surface area contributed by atoms with Gasteiger partial charge in [-0.25, -0.2) is 4.99 Å². The third-order valence-electron chi connectivity index (χ3n) is 3.14. The summed E-state index contributed by atoms with van der Waals surface area (Å²) in [6.45, 7) is 1.84. The topological polar surface area (TPSA) is 68.9 Å². The van der Waals surface area contributed by atoms with Crippen molar-refractivity contribution in [2.24, 2.45) is 10.7 Å². The number of ether oxygens (including phenoxy) is 2. The minimum Gasteiger partial charge on any atom is -0.493 e. The number of benzene rings is 2. The molecule has 0 saturated carbocycles. The van der Waals surface area contributed by atoms with Crippen LogP contribution in [-0.4, -0.2) is 26.3 Å². The number of anilines is 1. The van der Waals surface area contributed by atoms with Crippen LogP contribution in [0.1, 0.15) is 12.0 Å². The summed E-state index contributed by atoms with van der Waals surface area (Å²) in [5.41, 5.74) is 7.87. The van der Waals surface area contributed by atoms with E-state index in [-0.39, 0.29) is 0 Å². The van der Waals surface area contributed by atoms with Gasteiger partial charge in [0.1, 0.15) is 5.75 Å². The number of rotatable bonds is 8. The Morgan fingerprint density at radius 1 is 1.09 bits per heavy atom. The van der Waals surface area contributed by atoms with E-state index in [1.165, 1.54) is 0 Å². The van der Waals surface area contributed by atoms with Gasteiger partial charge in [-0.3, -0.25) is 0 Å². The lowest BCUT2D eigenvalue weighted by Crippen LogP contribution is -2.22. The first kappa shape index (κ1) is 16.8. The number of methoxy groups -OCH3 is 1. The summed E-state index contributed by atoms with van der Waals surface area (Å²) in [7, 11) is 1.69. The lowest BCUT2D eigenvalue weighted by atomic mass is 10.2. The van der Waals surface area contributed by atoms with Crippen molar-refractivity contribution in [1.82, 2.24) is 0 Å². The number of hydrogen-bond acceptors (Lipinski definition) is 3. The van der Waals surface area contributed by atoms with E-state index in [2.05, 4.69) is 10.3 Å². The normalized spacial score (nSPS) is 11.3. The molecule has 0 aliphatic carbocycles. The third-order valence-corrected chi connectivity index (χ3v) is 3.14. The van der Waals surface area contributed by atoms with E-state index in [0.29, 0.717) is 25.7 Å². The maximum absolute atomic E-state index is 5.90. The monoisotopic (exact) mass is 313 g/mol. The average molecular weight is 313 g/mol. The first-order valence-corrected chi connectivity index (χ1v) is 7.60. The molecule has 0 unspecified atom stereocenters. The Hall–Kier alpha value is -2.53. The summed E-state index contributed by atoms with van der Waals surface area (Å²) >= 11 is 0. The predicted molar refractivity (Wildman–Crippen MR) is 93.8 cm³/mol. The van der Waals surface area contributed by atoms with Gasteiger partial charge in [0.25, 0.3) is 0 Å². The number of guanidine groups is 1. The Morgan fingerprint density at radius 3 is 2.70 bits per heavy atom. The zero-order chi connectivity index (χ0) is 16.3. The van der Waals surface area contributed by atoms with Crippen LogP contribution in [0, 0.1) is 0 Å². The van der Waals surface area contributed by atoms with Gasteiger partial charge in [0.2, 0.25) is 0 Å². The Kier molecular flexibility index (Phi) is 6.94. The number of nitrogens with zero attached hydrogens (tertiary/aromatic N) is 1. The Balaban J connectivity index is 1.85. The fourth-order valence-corrected chi connectivity index (χ4v) is 2.01. The first-order valence-electron chi connectivity index (χ1n) is 7.60. The van der Waals surface area contributed by atoms with E-state index in [9.17, 15) is 0 Å². The quantitative estimate of drug-likeness (QED) is 0.446. The highest BCUT2D eigenvalue weighted by Gasteiger charge is 1.98. The van der Waals surface area contributed by atoms with Crippen molar-refractivity contribution in [3.8, 4) is 5.75 Å². The van der Waals surface area contributed by atoms with Gasteiger partial charge in [0, 0.05) is 25.8 Å². The Morgan fingerprint density at radius 2 is 1.91 bits per heavy atom. The molecule has 0 aromatic heterocycles. The second-order valence-electron chi connectivity index (χ2n) is 5.03. The minimum absolute atomic E-state index is 0.391. The maximum atomic E-state index is 5.90. The van der Waals surface area contributed by atoms with E-state index in [4.69, 9.17) is 15.2 Å². The van der Waals surface area contributed by atoms with Crippen LogP contribution < -0.4 is 15.8 Å². The minimum atomic E-state index is 0.391. The fourth-order valence-electron chi connectivity index (χ4n) is 2.01. The van der Waals surface area contributed by atoms with E-state index < -0.39 is 0 Å². The highest BCUT2D eigenvalue weighted by atomic mass is 16.5. The van der Waals surface area contributed by atoms with Crippen LogP contribution in [0.2, 0.25) is 0 Å². The molecule has 0 spiro atoms. The Labute approximate surface area is 137 Å². The molecule has 3 N–H and O–H groups in total. The molecular weight excluding hydrogens is 290 g/mol. The number of nitrogens with one attached hydrogen (secondary N) is 1. The molecule has 0 bridgehead atoms. The molecule has 0 fully saturated rings. The Bertz CT molecular complexity index is 615. The number of para-hydroxylation sites is 1. The molecule has 0 saturated heterocycles. The summed E-state index contributed by atoms with van der Waals surface area (Å²) < 4.78 is 10.7. The molecular formula is C18H23N3O2. The molecule has 2 aromatic rings. The van der Waals surface area contributed by atoms with Crippen molar-refractivity contribution in [3.63, 3.8) is 0 Å². The third kappa shape index (κ3) is 6.40. The summed E-state index contributed by atoms with van der Waals surface area (Å²) in [6.07, 6.45) is 0.868. The standard InChI is InChI=1S/C18H23N3O2/c1-22-11-6-12-23-17-10-5-7-15(13-17)14-20-18(19)21-16-8-3-2-4-9-16/h2-5,7-10,13H,6,11-12,14H2,1H3,(H3,19,20,21). The second kappa shape index (κ2) is 9.48. The van der Waals surface area contributed by atoms with Crippen molar-refractivity contribution in [1.29, 1.82) is 0 Å². The van der Waals surface area contributed by atoms with Crippen LogP contribution in [0.5, 0.6) is 5.75 Å². The second-order valence-corrected chi connectivity index (χ2v) is 5.03. The molecule has 122 valence electrons. The average Bonchev–Trinajstić information content (AvgIpc) is 2.58. The van der Waals surface area contributed by atoms with E-state index in [1.54, 1.807) is 7.11 Å². The van der Waals surface area contributed by atoms with Crippen molar-refractivity contribution < 1.29 is 9.47 Å². The summed E-state index contributed by atoms with van der Waals surface area (Å²) in [6, 6.07) is 17.6. The molecule has 0 heterocycles. The van der Waals surface area contributed by atoms with Crippen LogP contribution in [-0.2, 0) is 11.3 Å². The highest BCUT2D eigenvalue weighted by Crippen LogP contribution is 2.14. The van der Waals surface area contributed by atoms with Crippen LogP contribution in [0.3, 0.4) is 0 Å².